The van der Waals surface area contributed by atoms with E-state index < -0.39 is 4.92 Å². The maximum absolute atomic E-state index is 10.1. The van der Waals surface area contributed by atoms with Crippen molar-refractivity contribution in [3.63, 3.8) is 0 Å². The van der Waals surface area contributed by atoms with E-state index >= 15 is 0 Å². The van der Waals surface area contributed by atoms with Crippen molar-refractivity contribution in [2.24, 2.45) is 0 Å². The van der Waals surface area contributed by atoms with E-state index in [9.17, 15) is 10.1 Å². The Morgan fingerprint density at radius 2 is 2.50 bits per heavy atom. The first-order chi connectivity index (χ1) is 4.74. The van der Waals surface area contributed by atoms with E-state index in [1.165, 1.54) is 22.8 Å². The van der Waals surface area contributed by atoms with Crippen LogP contribution in [0.15, 0.2) is 11.4 Å². The Labute approximate surface area is 66.4 Å². The molecule has 0 fully saturated rings. The average molecular weight is 178 g/mol. The molecule has 1 aromatic rings. The molecule has 0 spiro atoms. The van der Waals surface area contributed by atoms with E-state index in [0.29, 0.717) is 5.88 Å². The zero-order valence-corrected chi connectivity index (χ0v) is 6.48. The number of halogens is 1. The van der Waals surface area contributed by atoms with Gasteiger partial charge in [-0.1, -0.05) is 0 Å². The summed E-state index contributed by atoms with van der Waals surface area (Å²) < 4.78 is 0. The van der Waals surface area contributed by atoms with Crippen LogP contribution in [0.2, 0.25) is 0 Å². The third kappa shape index (κ3) is 1.46. The molecule has 0 amide bonds. The molecule has 0 saturated carbocycles. The quantitative estimate of drug-likeness (QED) is 0.396. The molecule has 1 rings (SSSR count). The second-order valence-corrected chi connectivity index (χ2v) is 2.93. The second-order valence-electron chi connectivity index (χ2n) is 1.66. The Hall–Kier alpha value is -0.610. The van der Waals surface area contributed by atoms with Gasteiger partial charge in [0.1, 0.15) is 0 Å². The summed E-state index contributed by atoms with van der Waals surface area (Å²) in [4.78, 5) is 10.5. The molecule has 0 atom stereocenters. The van der Waals surface area contributed by atoms with Crippen molar-refractivity contribution < 1.29 is 4.92 Å². The summed E-state index contributed by atoms with van der Waals surface area (Å²) in [6.07, 6.45) is 0. The van der Waals surface area contributed by atoms with Crippen molar-refractivity contribution in [3.8, 4) is 0 Å². The Bertz CT molecular complexity index is 248. The maximum atomic E-state index is 10.1. The number of hydrogen-bond acceptors (Lipinski definition) is 3. The summed E-state index contributed by atoms with van der Waals surface area (Å²) in [5.41, 5.74) is 0.126. The lowest BCUT2D eigenvalue weighted by Gasteiger charge is -1.80. The lowest BCUT2D eigenvalue weighted by molar-refractivity contribution is -0.384. The Morgan fingerprint density at radius 3 is 2.80 bits per heavy atom. The van der Waals surface area contributed by atoms with Gasteiger partial charge in [0, 0.05) is 10.9 Å². The highest BCUT2D eigenvalue weighted by atomic mass is 35.5. The van der Waals surface area contributed by atoms with E-state index in [0.717, 1.165) is 4.88 Å². The van der Waals surface area contributed by atoms with Gasteiger partial charge in [-0.2, -0.15) is 0 Å². The first kappa shape index (κ1) is 7.50. The summed E-state index contributed by atoms with van der Waals surface area (Å²) in [7, 11) is 0. The van der Waals surface area contributed by atoms with E-state index in [1.54, 1.807) is 0 Å². The van der Waals surface area contributed by atoms with Gasteiger partial charge in [0.15, 0.2) is 0 Å². The molecule has 0 saturated heterocycles. The van der Waals surface area contributed by atoms with Crippen LogP contribution in [0.1, 0.15) is 4.88 Å². The Balaban J connectivity index is 2.88. The Kier molecular flexibility index (Phi) is 2.24. The Morgan fingerprint density at radius 1 is 1.80 bits per heavy atom. The predicted molar refractivity (Wildman–Crippen MR) is 40.5 cm³/mol. The summed E-state index contributed by atoms with van der Waals surface area (Å²) >= 11 is 6.74. The van der Waals surface area contributed by atoms with Gasteiger partial charge >= 0.3 is 0 Å². The van der Waals surface area contributed by atoms with Crippen LogP contribution in [0.5, 0.6) is 0 Å². The largest absolute Gasteiger partial charge is 0.280 e. The normalized spacial score (nSPS) is 9.70. The number of nitrogens with zero attached hydrogens (tertiary/aromatic N) is 1. The number of alkyl halides is 1. The molecule has 0 aliphatic heterocycles. The third-order valence-corrected chi connectivity index (χ3v) is 2.35. The minimum absolute atomic E-state index is 0.126. The van der Waals surface area contributed by atoms with Crippen LogP contribution in [0.4, 0.5) is 5.69 Å². The molecular formula is C5H4ClNO2S. The van der Waals surface area contributed by atoms with Gasteiger partial charge in [-0.3, -0.25) is 10.1 Å². The predicted octanol–water partition coefficient (Wildman–Crippen LogP) is 2.40. The summed E-state index contributed by atoms with van der Waals surface area (Å²) in [5.74, 6) is 0.346. The van der Waals surface area contributed by atoms with Gasteiger partial charge in [0.2, 0.25) is 0 Å². The molecular weight excluding hydrogens is 174 g/mol. The molecule has 0 bridgehead atoms. The van der Waals surface area contributed by atoms with Crippen LogP contribution in [0.25, 0.3) is 0 Å². The number of nitro groups is 1. The molecule has 0 unspecified atom stereocenters. The molecule has 3 nitrogen and oxygen atoms in total. The molecule has 0 aliphatic carbocycles. The molecule has 1 heterocycles. The average Bonchev–Trinajstić information content (AvgIpc) is 2.34. The molecule has 54 valence electrons. The van der Waals surface area contributed by atoms with Gasteiger partial charge in [-0.05, 0) is 0 Å². The SMILES string of the molecule is O=[N+]([O-])c1csc(CCl)c1. The molecule has 10 heavy (non-hydrogen) atoms. The highest BCUT2D eigenvalue weighted by molar-refractivity contribution is 7.10. The highest BCUT2D eigenvalue weighted by Crippen LogP contribution is 2.22. The monoisotopic (exact) mass is 177 g/mol. The van der Waals surface area contributed by atoms with E-state index in [4.69, 9.17) is 11.6 Å². The van der Waals surface area contributed by atoms with E-state index in [2.05, 4.69) is 0 Å². The van der Waals surface area contributed by atoms with Crippen LogP contribution in [-0.4, -0.2) is 4.92 Å². The lowest BCUT2D eigenvalue weighted by atomic mass is 10.5. The van der Waals surface area contributed by atoms with Crippen LogP contribution < -0.4 is 0 Å². The summed E-state index contributed by atoms with van der Waals surface area (Å²) in [6.45, 7) is 0. The first-order valence-electron chi connectivity index (χ1n) is 2.52. The fourth-order valence-electron chi connectivity index (χ4n) is 0.535. The van der Waals surface area contributed by atoms with Crippen molar-refractivity contribution in [3.05, 3.63) is 26.4 Å². The smallest absolute Gasteiger partial charge is 0.258 e. The molecule has 0 radical (unpaired) electrons. The topological polar surface area (TPSA) is 43.1 Å². The first-order valence-corrected chi connectivity index (χ1v) is 3.93. The van der Waals surface area contributed by atoms with Crippen molar-refractivity contribution in [2.75, 3.05) is 0 Å². The van der Waals surface area contributed by atoms with Crippen LogP contribution in [-0.2, 0) is 5.88 Å². The lowest BCUT2D eigenvalue weighted by Crippen LogP contribution is -1.82. The number of rotatable bonds is 2. The molecule has 0 N–H and O–H groups in total. The van der Waals surface area contributed by atoms with E-state index in [-0.39, 0.29) is 5.69 Å². The zero-order valence-electron chi connectivity index (χ0n) is 4.91. The van der Waals surface area contributed by atoms with Gasteiger partial charge < -0.3 is 0 Å². The number of hydrogen-bond donors (Lipinski definition) is 0. The standard InChI is InChI=1S/C5H4ClNO2S/c6-2-5-1-4(3-10-5)7(8)9/h1,3H,2H2. The van der Waals surface area contributed by atoms with Gasteiger partial charge in [0.05, 0.1) is 16.2 Å². The minimum atomic E-state index is -0.424. The molecule has 0 aromatic carbocycles. The van der Waals surface area contributed by atoms with Gasteiger partial charge in [0.25, 0.3) is 5.69 Å². The molecule has 5 heteroatoms. The molecule has 0 aliphatic rings. The van der Waals surface area contributed by atoms with Crippen molar-refractivity contribution in [2.45, 2.75) is 5.88 Å². The fraction of sp³-hybridized carbons (Fsp3) is 0.200. The van der Waals surface area contributed by atoms with Crippen molar-refractivity contribution in [1.29, 1.82) is 0 Å². The van der Waals surface area contributed by atoms with Crippen LogP contribution >= 0.6 is 22.9 Å². The summed E-state index contributed by atoms with van der Waals surface area (Å²) in [5, 5.41) is 11.6. The molecule has 1 aromatic heterocycles. The minimum Gasteiger partial charge on any atom is -0.258 e. The third-order valence-electron chi connectivity index (χ3n) is 0.982. The van der Waals surface area contributed by atoms with Crippen molar-refractivity contribution >= 4 is 28.6 Å². The van der Waals surface area contributed by atoms with Gasteiger partial charge in [-0.15, -0.1) is 22.9 Å². The van der Waals surface area contributed by atoms with E-state index in [1.807, 2.05) is 0 Å². The highest BCUT2D eigenvalue weighted by Gasteiger charge is 2.07. The van der Waals surface area contributed by atoms with Crippen LogP contribution in [0.3, 0.4) is 0 Å². The van der Waals surface area contributed by atoms with Crippen molar-refractivity contribution in [1.82, 2.24) is 0 Å². The number of thiophene rings is 1. The zero-order chi connectivity index (χ0) is 7.56. The maximum Gasteiger partial charge on any atom is 0.280 e. The van der Waals surface area contributed by atoms with Gasteiger partial charge in [-0.25, -0.2) is 0 Å². The fourth-order valence-corrected chi connectivity index (χ4v) is 1.48. The second kappa shape index (κ2) is 2.98. The van der Waals surface area contributed by atoms with Crippen LogP contribution in [0, 0.1) is 10.1 Å². The summed E-state index contributed by atoms with van der Waals surface area (Å²) in [6, 6.07) is 1.48.